The zero-order valence-corrected chi connectivity index (χ0v) is 12.1. The first kappa shape index (κ1) is 14.0. The Labute approximate surface area is 113 Å². The first-order valence-electron chi connectivity index (χ1n) is 6.40. The highest BCUT2D eigenvalue weighted by molar-refractivity contribution is 7.90. The second-order valence-electron chi connectivity index (χ2n) is 5.07. The van der Waals surface area contributed by atoms with E-state index in [1.54, 1.807) is 11.1 Å². The zero-order chi connectivity index (χ0) is 14.0. The molecule has 0 radical (unpaired) electrons. The maximum atomic E-state index is 11.9. The minimum atomic E-state index is -3.36. The average molecular weight is 285 g/mol. The number of imidazole rings is 1. The molecule has 0 spiro atoms. The Balaban J connectivity index is 2.11. The second-order valence-corrected chi connectivity index (χ2v) is 6.98. The predicted octanol–water partition coefficient (Wildman–Crippen LogP) is 0.893. The number of sulfone groups is 1. The number of aromatic nitrogens is 2. The second kappa shape index (κ2) is 5.32. The number of carbonyl (C=O) groups is 1. The molecule has 1 aromatic heterocycles. The molecule has 19 heavy (non-hydrogen) atoms. The van der Waals surface area contributed by atoms with Crippen LogP contribution >= 0.6 is 0 Å². The van der Waals surface area contributed by atoms with Crippen LogP contribution in [0.2, 0.25) is 0 Å². The van der Waals surface area contributed by atoms with Gasteiger partial charge in [0.05, 0.1) is 6.67 Å². The lowest BCUT2D eigenvalue weighted by molar-refractivity contribution is -0.129. The van der Waals surface area contributed by atoms with E-state index in [-0.39, 0.29) is 17.7 Å². The molecule has 1 amide bonds. The van der Waals surface area contributed by atoms with Gasteiger partial charge in [-0.3, -0.25) is 4.79 Å². The van der Waals surface area contributed by atoms with Crippen LogP contribution in [0.3, 0.4) is 0 Å². The van der Waals surface area contributed by atoms with Crippen molar-refractivity contribution in [1.29, 1.82) is 0 Å². The van der Waals surface area contributed by atoms with Crippen molar-refractivity contribution in [3.8, 4) is 0 Å². The van der Waals surface area contributed by atoms with Gasteiger partial charge in [-0.1, -0.05) is 13.3 Å². The number of rotatable bonds is 5. The summed E-state index contributed by atoms with van der Waals surface area (Å²) in [5, 5.41) is 0.0132. The number of amides is 1. The molecule has 0 bridgehead atoms. The molecule has 1 aliphatic heterocycles. The summed E-state index contributed by atoms with van der Waals surface area (Å²) in [6, 6.07) is 0. The lowest BCUT2D eigenvalue weighted by atomic mass is 10.0. The van der Waals surface area contributed by atoms with Crippen molar-refractivity contribution in [2.45, 2.75) is 38.0 Å². The van der Waals surface area contributed by atoms with Gasteiger partial charge in [-0.2, -0.15) is 0 Å². The molecule has 7 heteroatoms. The lowest BCUT2D eigenvalue weighted by Crippen LogP contribution is -2.29. The summed E-state index contributed by atoms with van der Waals surface area (Å²) in [6.45, 7) is 3.07. The Hall–Kier alpha value is -1.37. The van der Waals surface area contributed by atoms with E-state index in [4.69, 9.17) is 0 Å². The summed E-state index contributed by atoms with van der Waals surface area (Å²) in [6.07, 6.45) is 6.82. The van der Waals surface area contributed by atoms with Crippen LogP contribution in [-0.4, -0.2) is 41.6 Å². The van der Waals surface area contributed by atoms with Gasteiger partial charge in [0.2, 0.25) is 20.9 Å². The Morgan fingerprint density at radius 3 is 2.84 bits per heavy atom. The third-order valence-electron chi connectivity index (χ3n) is 3.32. The van der Waals surface area contributed by atoms with Crippen LogP contribution in [0, 0.1) is 5.92 Å². The SMILES string of the molecule is CCCC1CC(=O)N(Cn2ccnc2S(C)(=O)=O)C1. The van der Waals surface area contributed by atoms with E-state index < -0.39 is 9.84 Å². The van der Waals surface area contributed by atoms with Gasteiger partial charge >= 0.3 is 0 Å². The highest BCUT2D eigenvalue weighted by atomic mass is 32.2. The topological polar surface area (TPSA) is 72.3 Å². The number of hydrogen-bond acceptors (Lipinski definition) is 4. The van der Waals surface area contributed by atoms with Crippen molar-refractivity contribution in [1.82, 2.24) is 14.5 Å². The highest BCUT2D eigenvalue weighted by Gasteiger charge is 2.29. The molecular formula is C12H19N3O3S. The van der Waals surface area contributed by atoms with Crippen LogP contribution in [-0.2, 0) is 21.3 Å². The Morgan fingerprint density at radius 2 is 2.21 bits per heavy atom. The van der Waals surface area contributed by atoms with Gasteiger partial charge in [-0.15, -0.1) is 0 Å². The van der Waals surface area contributed by atoms with Crippen LogP contribution in [0.5, 0.6) is 0 Å². The molecule has 1 saturated heterocycles. The molecule has 1 aromatic rings. The molecule has 2 heterocycles. The van der Waals surface area contributed by atoms with Crippen LogP contribution in [0.15, 0.2) is 17.6 Å². The summed E-state index contributed by atoms with van der Waals surface area (Å²) in [7, 11) is -3.36. The number of nitrogens with zero attached hydrogens (tertiary/aromatic N) is 3. The summed E-state index contributed by atoms with van der Waals surface area (Å²) in [5.74, 6) is 0.481. The van der Waals surface area contributed by atoms with Gasteiger partial charge in [0.15, 0.2) is 0 Å². The average Bonchev–Trinajstić information content (AvgIpc) is 2.87. The summed E-state index contributed by atoms with van der Waals surface area (Å²) >= 11 is 0. The van der Waals surface area contributed by atoms with Gasteiger partial charge in [-0.25, -0.2) is 13.4 Å². The van der Waals surface area contributed by atoms with Gasteiger partial charge in [0.1, 0.15) is 0 Å². The fraction of sp³-hybridized carbons (Fsp3) is 0.667. The Morgan fingerprint density at radius 1 is 1.47 bits per heavy atom. The molecule has 1 aliphatic rings. The summed E-state index contributed by atoms with van der Waals surface area (Å²) in [5.41, 5.74) is 0. The van der Waals surface area contributed by atoms with Gasteiger partial charge in [-0.05, 0) is 12.3 Å². The van der Waals surface area contributed by atoms with Gasteiger partial charge < -0.3 is 9.47 Å². The minimum Gasteiger partial charge on any atom is -0.324 e. The van der Waals surface area contributed by atoms with Crippen LogP contribution < -0.4 is 0 Å². The zero-order valence-electron chi connectivity index (χ0n) is 11.2. The van der Waals surface area contributed by atoms with Gasteiger partial charge in [0, 0.05) is 31.6 Å². The van der Waals surface area contributed by atoms with E-state index >= 15 is 0 Å². The van der Waals surface area contributed by atoms with Crippen LogP contribution in [0.1, 0.15) is 26.2 Å². The van der Waals surface area contributed by atoms with E-state index in [1.165, 1.54) is 10.8 Å². The fourth-order valence-corrected chi connectivity index (χ4v) is 3.30. The highest BCUT2D eigenvalue weighted by Crippen LogP contribution is 2.23. The third-order valence-corrected chi connectivity index (χ3v) is 4.33. The minimum absolute atomic E-state index is 0.0132. The normalized spacial score (nSPS) is 20.2. The Kier molecular flexibility index (Phi) is 3.93. The molecule has 0 aliphatic carbocycles. The molecule has 0 saturated carbocycles. The van der Waals surface area contributed by atoms with E-state index in [9.17, 15) is 13.2 Å². The number of carbonyl (C=O) groups excluding carboxylic acids is 1. The largest absolute Gasteiger partial charge is 0.324 e. The first-order chi connectivity index (χ1) is 8.91. The number of likely N-dealkylation sites (tertiary alicyclic amines) is 1. The Bertz CT molecular complexity index is 565. The molecule has 1 atom stereocenters. The van der Waals surface area contributed by atoms with Crippen molar-refractivity contribution in [2.24, 2.45) is 5.92 Å². The smallest absolute Gasteiger partial charge is 0.228 e. The molecule has 6 nitrogen and oxygen atoms in total. The van der Waals surface area contributed by atoms with E-state index in [1.807, 2.05) is 0 Å². The molecular weight excluding hydrogens is 266 g/mol. The van der Waals surface area contributed by atoms with E-state index in [2.05, 4.69) is 11.9 Å². The lowest BCUT2D eigenvalue weighted by Gasteiger charge is -2.18. The molecule has 1 unspecified atom stereocenters. The predicted molar refractivity (Wildman–Crippen MR) is 70.1 cm³/mol. The van der Waals surface area contributed by atoms with E-state index in [0.717, 1.165) is 19.1 Å². The maximum absolute atomic E-state index is 11.9. The van der Waals surface area contributed by atoms with Crippen LogP contribution in [0.25, 0.3) is 0 Å². The third kappa shape index (κ3) is 3.15. The summed E-state index contributed by atoms with van der Waals surface area (Å²) < 4.78 is 24.6. The standard InChI is InChI=1S/C12H19N3O3S/c1-3-4-10-7-11(16)15(8-10)9-14-6-5-13-12(14)19(2,17)18/h5-6,10H,3-4,7-9H2,1-2H3. The van der Waals surface area contributed by atoms with E-state index in [0.29, 0.717) is 18.9 Å². The molecule has 0 aromatic carbocycles. The fourth-order valence-electron chi connectivity index (χ4n) is 2.51. The molecule has 0 N–H and O–H groups in total. The molecule has 106 valence electrons. The molecule has 2 rings (SSSR count). The van der Waals surface area contributed by atoms with Crippen molar-refractivity contribution in [2.75, 3.05) is 12.8 Å². The van der Waals surface area contributed by atoms with Crippen molar-refractivity contribution in [3.63, 3.8) is 0 Å². The molecule has 1 fully saturated rings. The quantitative estimate of drug-likeness (QED) is 0.805. The summed E-state index contributed by atoms with van der Waals surface area (Å²) in [4.78, 5) is 17.4. The monoisotopic (exact) mass is 285 g/mol. The van der Waals surface area contributed by atoms with Crippen molar-refractivity contribution >= 4 is 15.7 Å². The maximum Gasteiger partial charge on any atom is 0.228 e. The van der Waals surface area contributed by atoms with Crippen molar-refractivity contribution < 1.29 is 13.2 Å². The van der Waals surface area contributed by atoms with Gasteiger partial charge in [0.25, 0.3) is 0 Å². The van der Waals surface area contributed by atoms with Crippen molar-refractivity contribution in [3.05, 3.63) is 12.4 Å². The number of hydrogen-bond donors (Lipinski definition) is 0. The van der Waals surface area contributed by atoms with Crippen LogP contribution in [0.4, 0.5) is 0 Å². The first-order valence-corrected chi connectivity index (χ1v) is 8.30.